The SMILES string of the molecule is NNC(=NC1CCCC1)c1ccccc1Br. The summed E-state index contributed by atoms with van der Waals surface area (Å²) in [6, 6.07) is 8.41. The number of hydrazine groups is 1. The van der Waals surface area contributed by atoms with Gasteiger partial charge in [0, 0.05) is 10.0 Å². The molecule has 0 saturated heterocycles. The van der Waals surface area contributed by atoms with E-state index in [9.17, 15) is 0 Å². The maximum atomic E-state index is 5.55. The van der Waals surface area contributed by atoms with Gasteiger partial charge in [0.2, 0.25) is 0 Å². The van der Waals surface area contributed by atoms with E-state index in [-0.39, 0.29) is 0 Å². The minimum atomic E-state index is 0.429. The Labute approximate surface area is 104 Å². The van der Waals surface area contributed by atoms with Crippen molar-refractivity contribution in [3.63, 3.8) is 0 Å². The van der Waals surface area contributed by atoms with Gasteiger partial charge in [0.15, 0.2) is 0 Å². The van der Waals surface area contributed by atoms with Crippen molar-refractivity contribution in [1.29, 1.82) is 0 Å². The normalized spacial score (nSPS) is 17.8. The average molecular weight is 282 g/mol. The Hall–Kier alpha value is -0.870. The molecule has 4 heteroatoms. The third kappa shape index (κ3) is 2.62. The first kappa shape index (κ1) is 11.6. The van der Waals surface area contributed by atoms with Crippen LogP contribution in [0.2, 0.25) is 0 Å². The summed E-state index contributed by atoms with van der Waals surface area (Å²) in [7, 11) is 0. The van der Waals surface area contributed by atoms with Gasteiger partial charge in [-0.25, -0.2) is 5.84 Å². The van der Waals surface area contributed by atoms with Crippen LogP contribution in [-0.4, -0.2) is 11.9 Å². The van der Waals surface area contributed by atoms with Crippen LogP contribution in [0.1, 0.15) is 31.2 Å². The monoisotopic (exact) mass is 281 g/mol. The molecular weight excluding hydrogens is 266 g/mol. The molecule has 0 atom stereocenters. The van der Waals surface area contributed by atoms with E-state index >= 15 is 0 Å². The largest absolute Gasteiger partial charge is 0.308 e. The lowest BCUT2D eigenvalue weighted by molar-refractivity contribution is 0.700. The Bertz CT molecular complexity index is 384. The lowest BCUT2D eigenvalue weighted by atomic mass is 10.2. The van der Waals surface area contributed by atoms with E-state index in [4.69, 9.17) is 5.84 Å². The van der Waals surface area contributed by atoms with Gasteiger partial charge in [0.1, 0.15) is 5.84 Å². The van der Waals surface area contributed by atoms with Crippen molar-refractivity contribution in [3.05, 3.63) is 34.3 Å². The van der Waals surface area contributed by atoms with Gasteiger partial charge in [0.25, 0.3) is 0 Å². The van der Waals surface area contributed by atoms with E-state index in [1.807, 2.05) is 24.3 Å². The highest BCUT2D eigenvalue weighted by Gasteiger charge is 2.15. The molecule has 0 unspecified atom stereocenters. The van der Waals surface area contributed by atoms with Crippen molar-refractivity contribution in [2.45, 2.75) is 31.7 Å². The van der Waals surface area contributed by atoms with E-state index in [0.29, 0.717) is 6.04 Å². The molecule has 1 saturated carbocycles. The lowest BCUT2D eigenvalue weighted by Gasteiger charge is -2.10. The van der Waals surface area contributed by atoms with E-state index in [2.05, 4.69) is 26.3 Å². The fourth-order valence-electron chi connectivity index (χ4n) is 2.05. The summed E-state index contributed by atoms with van der Waals surface area (Å²) < 4.78 is 1.02. The number of hydrogen-bond acceptors (Lipinski definition) is 2. The van der Waals surface area contributed by atoms with Gasteiger partial charge < -0.3 is 5.43 Å². The number of halogens is 1. The first-order valence-electron chi connectivity index (χ1n) is 5.60. The number of benzene rings is 1. The molecular formula is C12H16BrN3. The summed E-state index contributed by atoms with van der Waals surface area (Å²) in [5.74, 6) is 6.33. The van der Waals surface area contributed by atoms with Gasteiger partial charge in [-0.2, -0.15) is 0 Å². The van der Waals surface area contributed by atoms with Crippen molar-refractivity contribution in [2.24, 2.45) is 10.8 Å². The van der Waals surface area contributed by atoms with Crippen molar-refractivity contribution in [1.82, 2.24) is 5.43 Å². The maximum Gasteiger partial charge on any atom is 0.143 e. The van der Waals surface area contributed by atoms with Gasteiger partial charge in [-0.05, 0) is 18.9 Å². The summed E-state index contributed by atoms with van der Waals surface area (Å²) in [4.78, 5) is 4.68. The highest BCUT2D eigenvalue weighted by Crippen LogP contribution is 2.23. The standard InChI is InChI=1S/C12H16BrN3/c13-11-8-4-3-7-10(11)12(16-14)15-9-5-1-2-6-9/h3-4,7-9H,1-2,5-6,14H2,(H,15,16). The van der Waals surface area contributed by atoms with Gasteiger partial charge >= 0.3 is 0 Å². The fraction of sp³-hybridized carbons (Fsp3) is 0.417. The number of nitrogens with two attached hydrogens (primary N) is 1. The van der Waals surface area contributed by atoms with Gasteiger partial charge in [0.05, 0.1) is 6.04 Å². The van der Waals surface area contributed by atoms with Crippen molar-refractivity contribution in [3.8, 4) is 0 Å². The van der Waals surface area contributed by atoms with Gasteiger partial charge in [-0.1, -0.05) is 47.0 Å². The summed E-state index contributed by atoms with van der Waals surface area (Å²) in [6.07, 6.45) is 4.91. The quantitative estimate of drug-likeness (QED) is 0.379. The van der Waals surface area contributed by atoms with Crippen LogP contribution in [0.4, 0.5) is 0 Å². The Morgan fingerprint density at radius 2 is 2.00 bits per heavy atom. The molecule has 0 heterocycles. The summed E-state index contributed by atoms with van der Waals surface area (Å²) in [6.45, 7) is 0. The lowest BCUT2D eigenvalue weighted by Crippen LogP contribution is -2.32. The molecule has 1 aliphatic carbocycles. The molecule has 86 valence electrons. The van der Waals surface area contributed by atoms with Crippen LogP contribution in [0, 0.1) is 0 Å². The van der Waals surface area contributed by atoms with E-state index < -0.39 is 0 Å². The zero-order chi connectivity index (χ0) is 11.4. The van der Waals surface area contributed by atoms with E-state index in [0.717, 1.165) is 15.9 Å². The second-order valence-corrected chi connectivity index (χ2v) is 4.89. The zero-order valence-electron chi connectivity index (χ0n) is 9.12. The molecule has 2 rings (SSSR count). The molecule has 3 nitrogen and oxygen atoms in total. The third-order valence-electron chi connectivity index (χ3n) is 2.90. The van der Waals surface area contributed by atoms with Crippen LogP contribution in [0.25, 0.3) is 0 Å². The molecule has 0 radical (unpaired) electrons. The minimum absolute atomic E-state index is 0.429. The molecule has 1 aromatic carbocycles. The molecule has 16 heavy (non-hydrogen) atoms. The molecule has 0 aliphatic heterocycles. The number of amidine groups is 1. The Morgan fingerprint density at radius 3 is 2.62 bits per heavy atom. The zero-order valence-corrected chi connectivity index (χ0v) is 10.7. The van der Waals surface area contributed by atoms with E-state index in [1.54, 1.807) is 0 Å². The predicted molar refractivity (Wildman–Crippen MR) is 70.3 cm³/mol. The number of nitrogens with zero attached hydrogens (tertiary/aromatic N) is 1. The van der Waals surface area contributed by atoms with Crippen molar-refractivity contribution < 1.29 is 0 Å². The summed E-state index contributed by atoms with van der Waals surface area (Å²) >= 11 is 3.51. The molecule has 0 bridgehead atoms. The second kappa shape index (κ2) is 5.46. The van der Waals surface area contributed by atoms with Crippen molar-refractivity contribution >= 4 is 21.8 Å². The highest BCUT2D eigenvalue weighted by atomic mass is 79.9. The predicted octanol–water partition coefficient (Wildman–Crippen LogP) is 2.60. The minimum Gasteiger partial charge on any atom is -0.308 e. The van der Waals surface area contributed by atoms with Crippen LogP contribution in [0.15, 0.2) is 33.7 Å². The molecule has 1 fully saturated rings. The Balaban J connectivity index is 2.24. The first-order valence-corrected chi connectivity index (χ1v) is 6.40. The molecule has 0 aromatic heterocycles. The molecule has 0 amide bonds. The fourth-order valence-corrected chi connectivity index (χ4v) is 2.53. The van der Waals surface area contributed by atoms with E-state index in [1.165, 1.54) is 25.7 Å². The van der Waals surface area contributed by atoms with Crippen LogP contribution in [-0.2, 0) is 0 Å². The van der Waals surface area contributed by atoms with Crippen LogP contribution in [0.3, 0.4) is 0 Å². The number of nitrogens with one attached hydrogen (secondary N) is 1. The van der Waals surface area contributed by atoms with Gasteiger partial charge in [-0.3, -0.25) is 4.99 Å². The highest BCUT2D eigenvalue weighted by molar-refractivity contribution is 9.10. The first-order chi connectivity index (χ1) is 7.81. The second-order valence-electron chi connectivity index (χ2n) is 4.04. The van der Waals surface area contributed by atoms with Gasteiger partial charge in [-0.15, -0.1) is 0 Å². The Kier molecular flexibility index (Phi) is 3.96. The summed E-state index contributed by atoms with van der Waals surface area (Å²) in [5, 5.41) is 0. The smallest absolute Gasteiger partial charge is 0.143 e. The van der Waals surface area contributed by atoms with Crippen LogP contribution >= 0.6 is 15.9 Å². The number of hydrogen-bond donors (Lipinski definition) is 2. The number of aliphatic imine (C=N–C) groups is 1. The topological polar surface area (TPSA) is 50.4 Å². The van der Waals surface area contributed by atoms with Crippen LogP contribution < -0.4 is 11.3 Å². The van der Waals surface area contributed by atoms with Crippen molar-refractivity contribution in [2.75, 3.05) is 0 Å². The maximum absolute atomic E-state index is 5.55. The molecule has 1 aliphatic rings. The van der Waals surface area contributed by atoms with Crippen LogP contribution in [0.5, 0.6) is 0 Å². The average Bonchev–Trinajstić information content (AvgIpc) is 2.80. The molecule has 1 aromatic rings. The Morgan fingerprint density at radius 1 is 1.31 bits per heavy atom. The molecule has 0 spiro atoms. The molecule has 3 N–H and O–H groups in total. The third-order valence-corrected chi connectivity index (χ3v) is 3.59. The number of rotatable bonds is 2. The summed E-state index contributed by atoms with van der Waals surface area (Å²) in [5.41, 5.74) is 3.73.